The van der Waals surface area contributed by atoms with Crippen molar-refractivity contribution >= 4 is 23.5 Å². The van der Waals surface area contributed by atoms with E-state index in [1.165, 1.54) is 23.1 Å². The zero-order valence-corrected chi connectivity index (χ0v) is 16.3. The Morgan fingerprint density at radius 2 is 1.77 bits per heavy atom. The molecule has 0 atom stereocenters. The molecule has 2 aromatic carbocycles. The maximum atomic E-state index is 12.4. The molecule has 0 radical (unpaired) electrons. The van der Waals surface area contributed by atoms with Gasteiger partial charge in [0.25, 0.3) is 5.91 Å². The molecule has 1 amide bonds. The number of carbonyl (C=O) groups is 3. The minimum atomic E-state index is -0.692. The standard InChI is InChI=1S/C20H19N5O5/c1-13(2)30-19(27)14-7-9-15(10-8-14)22-18(26)11-29-20(28)16-5-3-4-6-17(16)25-12-21-23-24-25/h3-10,12-13H,11H2,1-2H3,(H,22,26). The number of esters is 2. The van der Waals surface area contributed by atoms with Crippen LogP contribution in [0.15, 0.2) is 54.9 Å². The van der Waals surface area contributed by atoms with E-state index in [0.717, 1.165) is 0 Å². The number of rotatable bonds is 7. The summed E-state index contributed by atoms with van der Waals surface area (Å²) in [6.07, 6.45) is 1.12. The van der Waals surface area contributed by atoms with Crippen molar-refractivity contribution < 1.29 is 23.9 Å². The third-order valence-electron chi connectivity index (χ3n) is 3.80. The smallest absolute Gasteiger partial charge is 0.340 e. The lowest BCUT2D eigenvalue weighted by atomic mass is 10.2. The summed E-state index contributed by atoms with van der Waals surface area (Å²) >= 11 is 0. The Bertz CT molecular complexity index is 1030. The van der Waals surface area contributed by atoms with Crippen molar-refractivity contribution in [3.8, 4) is 5.69 Å². The molecule has 0 saturated heterocycles. The van der Waals surface area contributed by atoms with Gasteiger partial charge in [0.15, 0.2) is 6.61 Å². The molecule has 0 fully saturated rings. The van der Waals surface area contributed by atoms with Crippen LogP contribution in [0.1, 0.15) is 34.6 Å². The van der Waals surface area contributed by atoms with E-state index in [0.29, 0.717) is 16.9 Å². The molecule has 30 heavy (non-hydrogen) atoms. The van der Waals surface area contributed by atoms with E-state index in [2.05, 4.69) is 20.8 Å². The van der Waals surface area contributed by atoms with E-state index in [9.17, 15) is 14.4 Å². The number of hydrogen-bond donors (Lipinski definition) is 1. The molecule has 10 nitrogen and oxygen atoms in total. The summed E-state index contributed by atoms with van der Waals surface area (Å²) in [7, 11) is 0. The van der Waals surface area contributed by atoms with Crippen LogP contribution < -0.4 is 5.32 Å². The van der Waals surface area contributed by atoms with Crippen molar-refractivity contribution in [1.82, 2.24) is 20.2 Å². The molecule has 0 aliphatic heterocycles. The molecule has 3 aromatic rings. The third-order valence-corrected chi connectivity index (χ3v) is 3.80. The van der Waals surface area contributed by atoms with Crippen LogP contribution in [0.25, 0.3) is 5.69 Å². The summed E-state index contributed by atoms with van der Waals surface area (Å²) in [5, 5.41) is 13.4. The van der Waals surface area contributed by atoms with Gasteiger partial charge in [0.05, 0.1) is 22.9 Å². The average Bonchev–Trinajstić information content (AvgIpc) is 3.27. The topological polar surface area (TPSA) is 125 Å². The summed E-state index contributed by atoms with van der Waals surface area (Å²) < 4.78 is 11.5. The highest BCUT2D eigenvalue weighted by Crippen LogP contribution is 2.14. The summed E-state index contributed by atoms with van der Waals surface area (Å²) in [5.41, 5.74) is 1.46. The number of para-hydroxylation sites is 1. The van der Waals surface area contributed by atoms with E-state index >= 15 is 0 Å². The molecule has 0 saturated carbocycles. The average molecular weight is 409 g/mol. The van der Waals surface area contributed by atoms with Crippen LogP contribution in [-0.2, 0) is 14.3 Å². The number of ether oxygens (including phenoxy) is 2. The van der Waals surface area contributed by atoms with E-state index in [4.69, 9.17) is 9.47 Å². The number of anilines is 1. The predicted molar refractivity (Wildman–Crippen MR) is 105 cm³/mol. The first-order valence-corrected chi connectivity index (χ1v) is 9.04. The van der Waals surface area contributed by atoms with Crippen molar-refractivity contribution in [2.45, 2.75) is 20.0 Å². The van der Waals surface area contributed by atoms with Gasteiger partial charge in [-0.2, -0.15) is 4.68 Å². The second kappa shape index (κ2) is 9.41. The van der Waals surface area contributed by atoms with Crippen molar-refractivity contribution in [3.63, 3.8) is 0 Å². The van der Waals surface area contributed by atoms with E-state index < -0.39 is 24.5 Å². The fourth-order valence-electron chi connectivity index (χ4n) is 2.50. The molecule has 0 spiro atoms. The lowest BCUT2D eigenvalue weighted by Gasteiger charge is -2.10. The van der Waals surface area contributed by atoms with Gasteiger partial charge >= 0.3 is 11.9 Å². The second-order valence-corrected chi connectivity index (χ2v) is 6.43. The number of aromatic nitrogens is 4. The van der Waals surface area contributed by atoms with Crippen LogP contribution in [0, 0.1) is 0 Å². The predicted octanol–water partition coefficient (Wildman–Crippen LogP) is 2.02. The van der Waals surface area contributed by atoms with Gasteiger partial charge in [0.1, 0.15) is 6.33 Å². The minimum absolute atomic E-state index is 0.214. The van der Waals surface area contributed by atoms with Gasteiger partial charge in [-0.15, -0.1) is 5.10 Å². The highest BCUT2D eigenvalue weighted by atomic mass is 16.5. The molecular weight excluding hydrogens is 390 g/mol. The number of tetrazole rings is 1. The van der Waals surface area contributed by atoms with Gasteiger partial charge in [-0.1, -0.05) is 12.1 Å². The van der Waals surface area contributed by atoms with Crippen LogP contribution in [0.4, 0.5) is 5.69 Å². The molecule has 3 rings (SSSR count). The Morgan fingerprint density at radius 3 is 2.43 bits per heavy atom. The van der Waals surface area contributed by atoms with Crippen LogP contribution in [0.3, 0.4) is 0 Å². The van der Waals surface area contributed by atoms with Gasteiger partial charge in [0, 0.05) is 5.69 Å². The Kier molecular flexibility index (Phi) is 6.48. The minimum Gasteiger partial charge on any atom is -0.459 e. The second-order valence-electron chi connectivity index (χ2n) is 6.43. The van der Waals surface area contributed by atoms with Crippen LogP contribution >= 0.6 is 0 Å². The van der Waals surface area contributed by atoms with Gasteiger partial charge in [-0.05, 0) is 60.7 Å². The first-order valence-electron chi connectivity index (χ1n) is 9.04. The van der Waals surface area contributed by atoms with Crippen LogP contribution in [0.2, 0.25) is 0 Å². The van der Waals surface area contributed by atoms with Gasteiger partial charge in [0.2, 0.25) is 0 Å². The fourth-order valence-corrected chi connectivity index (χ4v) is 2.50. The van der Waals surface area contributed by atoms with E-state index in [1.54, 1.807) is 50.2 Å². The van der Waals surface area contributed by atoms with Crippen LogP contribution in [0.5, 0.6) is 0 Å². The van der Waals surface area contributed by atoms with Crippen molar-refractivity contribution in [2.24, 2.45) is 0 Å². The zero-order valence-electron chi connectivity index (χ0n) is 16.3. The fraction of sp³-hybridized carbons (Fsp3) is 0.200. The molecule has 1 aromatic heterocycles. The summed E-state index contributed by atoms with van der Waals surface area (Å²) in [6.45, 7) is 3.03. The number of benzene rings is 2. The molecule has 10 heteroatoms. The summed E-state index contributed by atoms with van der Waals surface area (Å²) in [5.74, 6) is -1.66. The number of nitrogens with one attached hydrogen (secondary N) is 1. The Morgan fingerprint density at radius 1 is 1.03 bits per heavy atom. The molecule has 0 unspecified atom stereocenters. The maximum absolute atomic E-state index is 12.4. The normalized spacial score (nSPS) is 10.5. The number of carbonyl (C=O) groups excluding carboxylic acids is 3. The van der Waals surface area contributed by atoms with Crippen molar-refractivity contribution in [1.29, 1.82) is 0 Å². The van der Waals surface area contributed by atoms with Gasteiger partial charge < -0.3 is 14.8 Å². The lowest BCUT2D eigenvalue weighted by molar-refractivity contribution is -0.119. The zero-order chi connectivity index (χ0) is 21.5. The Hall–Kier alpha value is -4.08. The maximum Gasteiger partial charge on any atom is 0.340 e. The number of amides is 1. The molecule has 154 valence electrons. The molecule has 1 heterocycles. The SMILES string of the molecule is CC(C)OC(=O)c1ccc(NC(=O)COC(=O)c2ccccc2-n2cnnn2)cc1. The Labute approximate surface area is 171 Å². The first kappa shape index (κ1) is 20.6. The monoisotopic (exact) mass is 409 g/mol. The molecule has 0 aliphatic carbocycles. The first-order chi connectivity index (χ1) is 14.4. The molecule has 0 aliphatic rings. The van der Waals surface area contributed by atoms with Crippen molar-refractivity contribution in [3.05, 3.63) is 66.0 Å². The number of hydrogen-bond acceptors (Lipinski definition) is 8. The Balaban J connectivity index is 1.56. The quantitative estimate of drug-likeness (QED) is 0.588. The lowest BCUT2D eigenvalue weighted by Crippen LogP contribution is -2.21. The highest BCUT2D eigenvalue weighted by molar-refractivity contribution is 5.97. The van der Waals surface area contributed by atoms with E-state index in [1.807, 2.05) is 0 Å². The van der Waals surface area contributed by atoms with Crippen LogP contribution in [-0.4, -0.2) is 50.8 Å². The van der Waals surface area contributed by atoms with Gasteiger partial charge in [-0.3, -0.25) is 4.79 Å². The van der Waals surface area contributed by atoms with Crippen molar-refractivity contribution in [2.75, 3.05) is 11.9 Å². The van der Waals surface area contributed by atoms with Gasteiger partial charge in [-0.25, -0.2) is 9.59 Å². The highest BCUT2D eigenvalue weighted by Gasteiger charge is 2.16. The number of nitrogens with zero attached hydrogens (tertiary/aromatic N) is 4. The largest absolute Gasteiger partial charge is 0.459 e. The molecule has 0 bridgehead atoms. The third kappa shape index (κ3) is 5.25. The molecule has 1 N–H and O–H groups in total. The summed E-state index contributed by atoms with van der Waals surface area (Å²) in [4.78, 5) is 36.3. The van der Waals surface area contributed by atoms with E-state index in [-0.39, 0.29) is 11.7 Å². The summed E-state index contributed by atoms with van der Waals surface area (Å²) in [6, 6.07) is 12.8. The molecular formula is C20H19N5O5.